The van der Waals surface area contributed by atoms with Crippen molar-refractivity contribution in [1.29, 1.82) is 0 Å². The Morgan fingerprint density at radius 3 is 2.04 bits per heavy atom. The molecule has 3 aliphatic rings. The van der Waals surface area contributed by atoms with Crippen LogP contribution in [0.3, 0.4) is 0 Å². The van der Waals surface area contributed by atoms with Gasteiger partial charge in [0.2, 0.25) is 0 Å². The zero-order valence-electron chi connectivity index (χ0n) is 28.4. The standard InChI is InChI=1S/C45H36BN5/c1-3-12-31(13-4-1)35-28-42-44-43(29-35)51(37-18-9-14-33(26-37)45-48-24-11-25-49-45)41-22-21-32(34-15-10-23-47-30-34)27-39(41)46(44)38-19-7-8-20-40(38)50(42)36-16-5-2-6-17-36/h2,5-11,14-31H,1,3-4,12-13H2. The van der Waals surface area contributed by atoms with Crippen LogP contribution < -0.4 is 26.2 Å². The van der Waals surface area contributed by atoms with Gasteiger partial charge in [0.1, 0.15) is 0 Å². The molecular weight excluding hydrogens is 621 g/mol. The highest BCUT2D eigenvalue weighted by molar-refractivity contribution is 7.00. The van der Waals surface area contributed by atoms with Crippen LogP contribution in [0.4, 0.5) is 34.1 Å². The fraction of sp³-hybridized carbons (Fsp3) is 0.133. The van der Waals surface area contributed by atoms with Crippen molar-refractivity contribution in [3.63, 3.8) is 0 Å². The number of fused-ring (bicyclic) bond motifs is 4. The molecule has 0 atom stereocenters. The van der Waals surface area contributed by atoms with Crippen LogP contribution >= 0.6 is 0 Å². The first-order valence-electron chi connectivity index (χ1n) is 18.2. The van der Waals surface area contributed by atoms with Crippen LogP contribution in [0.1, 0.15) is 43.6 Å². The van der Waals surface area contributed by atoms with E-state index in [4.69, 9.17) is 0 Å². The first kappa shape index (κ1) is 29.9. The minimum absolute atomic E-state index is 0.0510. The Balaban J connectivity index is 1.28. The van der Waals surface area contributed by atoms with Gasteiger partial charge < -0.3 is 9.80 Å². The van der Waals surface area contributed by atoms with Crippen LogP contribution in [0.25, 0.3) is 22.5 Å². The lowest BCUT2D eigenvalue weighted by molar-refractivity contribution is 0.444. The summed E-state index contributed by atoms with van der Waals surface area (Å²) in [6.07, 6.45) is 13.8. The second-order valence-electron chi connectivity index (χ2n) is 13.9. The molecule has 0 amide bonds. The van der Waals surface area contributed by atoms with Crippen LogP contribution in [0, 0.1) is 0 Å². The van der Waals surface area contributed by atoms with E-state index in [1.54, 1.807) is 0 Å². The Morgan fingerprint density at radius 2 is 1.24 bits per heavy atom. The average Bonchev–Trinajstić information content (AvgIpc) is 3.21. The van der Waals surface area contributed by atoms with E-state index in [2.05, 4.69) is 140 Å². The molecule has 1 saturated carbocycles. The van der Waals surface area contributed by atoms with E-state index in [0.29, 0.717) is 5.92 Å². The lowest BCUT2D eigenvalue weighted by Gasteiger charge is -2.45. The smallest absolute Gasteiger partial charge is 0.252 e. The summed E-state index contributed by atoms with van der Waals surface area (Å²) < 4.78 is 0. The Kier molecular flexibility index (Phi) is 7.26. The number of para-hydroxylation sites is 2. The molecule has 0 unspecified atom stereocenters. The molecule has 0 bridgehead atoms. The van der Waals surface area contributed by atoms with Crippen molar-refractivity contribution in [2.45, 2.75) is 38.0 Å². The second-order valence-corrected chi connectivity index (χ2v) is 13.9. The predicted molar refractivity (Wildman–Crippen MR) is 211 cm³/mol. The zero-order valence-corrected chi connectivity index (χ0v) is 28.4. The van der Waals surface area contributed by atoms with Crippen molar-refractivity contribution >= 4 is 57.2 Å². The van der Waals surface area contributed by atoms with Crippen molar-refractivity contribution in [2.75, 3.05) is 9.80 Å². The molecule has 0 spiro atoms. The molecule has 7 aromatic rings. The molecule has 0 saturated heterocycles. The van der Waals surface area contributed by atoms with Gasteiger partial charge in [0.05, 0.1) is 0 Å². The molecule has 0 N–H and O–H groups in total. The largest absolute Gasteiger partial charge is 0.311 e. The molecule has 5 nitrogen and oxygen atoms in total. The van der Waals surface area contributed by atoms with E-state index in [0.717, 1.165) is 22.6 Å². The first-order valence-corrected chi connectivity index (χ1v) is 18.2. The third-order valence-electron chi connectivity index (χ3n) is 11.0. The predicted octanol–water partition coefficient (Wildman–Crippen LogP) is 9.34. The van der Waals surface area contributed by atoms with Crippen molar-refractivity contribution in [3.8, 4) is 22.5 Å². The maximum Gasteiger partial charge on any atom is 0.252 e. The van der Waals surface area contributed by atoms with Crippen molar-refractivity contribution in [3.05, 3.63) is 158 Å². The van der Waals surface area contributed by atoms with Gasteiger partial charge in [-0.3, -0.25) is 4.98 Å². The summed E-state index contributed by atoms with van der Waals surface area (Å²) in [4.78, 5) is 18.7. The van der Waals surface area contributed by atoms with Gasteiger partial charge in [0.15, 0.2) is 5.82 Å². The molecule has 4 heterocycles. The first-order chi connectivity index (χ1) is 25.3. The number of nitrogens with zero attached hydrogens (tertiary/aromatic N) is 5. The SMILES string of the molecule is c1ccc(N2c3ccccc3B3c4cc(-c5cccnc5)ccc4N(c4cccc(-c5ncccn5)c4)c4cc(C5CCCCC5)cc2c43)cc1. The van der Waals surface area contributed by atoms with Gasteiger partial charge in [0, 0.05) is 64.5 Å². The van der Waals surface area contributed by atoms with Crippen molar-refractivity contribution in [2.24, 2.45) is 0 Å². The number of aromatic nitrogens is 3. The monoisotopic (exact) mass is 657 g/mol. The number of anilines is 6. The summed E-state index contributed by atoms with van der Waals surface area (Å²) in [5.41, 5.74) is 15.9. The Hall–Kier alpha value is -6.01. The lowest BCUT2D eigenvalue weighted by atomic mass is 9.33. The van der Waals surface area contributed by atoms with Gasteiger partial charge in [-0.15, -0.1) is 0 Å². The summed E-state index contributed by atoms with van der Waals surface area (Å²) >= 11 is 0. The van der Waals surface area contributed by atoms with Crippen LogP contribution in [-0.4, -0.2) is 21.7 Å². The van der Waals surface area contributed by atoms with Gasteiger partial charge in [-0.1, -0.05) is 86.0 Å². The molecule has 1 fully saturated rings. The molecule has 1 aliphatic carbocycles. The van der Waals surface area contributed by atoms with Crippen LogP contribution in [-0.2, 0) is 0 Å². The number of rotatable bonds is 5. The second kappa shape index (κ2) is 12.4. The molecule has 244 valence electrons. The van der Waals surface area contributed by atoms with Crippen LogP contribution in [0.2, 0.25) is 0 Å². The van der Waals surface area contributed by atoms with Gasteiger partial charge in [-0.25, -0.2) is 9.97 Å². The highest BCUT2D eigenvalue weighted by Gasteiger charge is 2.44. The Bertz CT molecular complexity index is 2370. The molecule has 5 aromatic carbocycles. The highest BCUT2D eigenvalue weighted by atomic mass is 15.2. The zero-order chi connectivity index (χ0) is 33.7. The number of benzene rings is 5. The molecule has 51 heavy (non-hydrogen) atoms. The van der Waals surface area contributed by atoms with Crippen LogP contribution in [0.15, 0.2) is 152 Å². The van der Waals surface area contributed by atoms with Gasteiger partial charge in [-0.05, 0) is 113 Å². The number of hydrogen-bond donors (Lipinski definition) is 0. The van der Waals surface area contributed by atoms with E-state index in [-0.39, 0.29) is 6.71 Å². The van der Waals surface area contributed by atoms with E-state index < -0.39 is 0 Å². The van der Waals surface area contributed by atoms with E-state index >= 15 is 0 Å². The Morgan fingerprint density at radius 1 is 0.510 bits per heavy atom. The maximum absolute atomic E-state index is 4.62. The minimum atomic E-state index is 0.0510. The number of hydrogen-bond acceptors (Lipinski definition) is 5. The van der Waals surface area contributed by atoms with Gasteiger partial charge in [-0.2, -0.15) is 0 Å². The van der Waals surface area contributed by atoms with Crippen LogP contribution in [0.5, 0.6) is 0 Å². The normalized spacial score (nSPS) is 14.9. The molecule has 2 aliphatic heterocycles. The topological polar surface area (TPSA) is 45.2 Å². The van der Waals surface area contributed by atoms with Gasteiger partial charge in [0.25, 0.3) is 6.71 Å². The quantitative estimate of drug-likeness (QED) is 0.173. The average molecular weight is 658 g/mol. The minimum Gasteiger partial charge on any atom is -0.311 e. The maximum atomic E-state index is 4.62. The fourth-order valence-corrected chi connectivity index (χ4v) is 8.72. The lowest BCUT2D eigenvalue weighted by Crippen LogP contribution is -2.61. The fourth-order valence-electron chi connectivity index (χ4n) is 8.72. The molecule has 10 rings (SSSR count). The molecule has 6 heteroatoms. The molecular formula is C45H36BN5. The highest BCUT2D eigenvalue weighted by Crippen LogP contribution is 2.47. The molecule has 2 aromatic heterocycles. The summed E-state index contributed by atoms with van der Waals surface area (Å²) in [5.74, 6) is 1.26. The van der Waals surface area contributed by atoms with E-state index in [1.165, 1.54) is 88.1 Å². The summed E-state index contributed by atoms with van der Waals surface area (Å²) in [7, 11) is 0. The van der Waals surface area contributed by atoms with Crippen molar-refractivity contribution in [1.82, 2.24) is 15.0 Å². The molecule has 0 radical (unpaired) electrons. The summed E-state index contributed by atoms with van der Waals surface area (Å²) in [6, 6.07) is 46.8. The summed E-state index contributed by atoms with van der Waals surface area (Å²) in [5, 5.41) is 0. The van der Waals surface area contributed by atoms with E-state index in [9.17, 15) is 0 Å². The number of pyridine rings is 1. The third-order valence-corrected chi connectivity index (χ3v) is 11.0. The van der Waals surface area contributed by atoms with E-state index in [1.807, 2.05) is 36.9 Å². The van der Waals surface area contributed by atoms with Crippen molar-refractivity contribution < 1.29 is 0 Å². The third kappa shape index (κ3) is 5.05. The summed E-state index contributed by atoms with van der Waals surface area (Å²) in [6.45, 7) is 0.0510. The van der Waals surface area contributed by atoms with Gasteiger partial charge >= 0.3 is 0 Å². The Labute approximate surface area is 299 Å².